The van der Waals surface area contributed by atoms with Gasteiger partial charge < -0.3 is 0 Å². The van der Waals surface area contributed by atoms with Gasteiger partial charge in [-0.2, -0.15) is 0 Å². The molecule has 0 N–H and O–H groups in total. The monoisotopic (exact) mass is 292 g/mol. The molecule has 0 aromatic carbocycles. The maximum atomic E-state index is 2.60. The lowest BCUT2D eigenvalue weighted by Gasteiger charge is -2.51. The second kappa shape index (κ2) is 6.25. The number of hydrogen-bond acceptors (Lipinski definition) is 0. The summed E-state index contributed by atoms with van der Waals surface area (Å²) in [4.78, 5) is 0. The molecule has 124 valence electrons. The van der Waals surface area contributed by atoms with E-state index in [4.69, 9.17) is 0 Å². The van der Waals surface area contributed by atoms with Gasteiger partial charge in [0, 0.05) is 0 Å². The molecule has 0 bridgehead atoms. The summed E-state index contributed by atoms with van der Waals surface area (Å²) in [6.45, 7) is 20.2. The first-order valence-electron chi connectivity index (χ1n) is 9.64. The van der Waals surface area contributed by atoms with Crippen molar-refractivity contribution in [2.75, 3.05) is 0 Å². The molecule has 2 aliphatic rings. The largest absolute Gasteiger partial charge is 0.0622 e. The van der Waals surface area contributed by atoms with Crippen LogP contribution in [0.4, 0.5) is 0 Å². The van der Waals surface area contributed by atoms with Crippen LogP contribution in [0.3, 0.4) is 0 Å². The predicted molar refractivity (Wildman–Crippen MR) is 94.2 cm³/mol. The lowest BCUT2D eigenvalue weighted by molar-refractivity contribution is -0.0188. The molecular formula is C21H40. The maximum Gasteiger partial charge on any atom is -0.0297 e. The minimum Gasteiger partial charge on any atom is -0.0622 e. The summed E-state index contributed by atoms with van der Waals surface area (Å²) in [6.07, 6.45) is 5.86. The molecule has 0 aliphatic heterocycles. The molecule has 21 heavy (non-hydrogen) atoms. The molecule has 4 unspecified atom stereocenters. The fourth-order valence-electron chi connectivity index (χ4n) is 5.52. The number of rotatable bonds is 2. The molecular weight excluding hydrogens is 252 g/mol. The van der Waals surface area contributed by atoms with E-state index in [2.05, 4.69) is 55.4 Å². The van der Waals surface area contributed by atoms with Crippen LogP contribution in [-0.4, -0.2) is 0 Å². The van der Waals surface area contributed by atoms with Crippen LogP contribution in [0.2, 0.25) is 0 Å². The van der Waals surface area contributed by atoms with E-state index >= 15 is 0 Å². The minimum atomic E-state index is 0.533. The van der Waals surface area contributed by atoms with Crippen LogP contribution < -0.4 is 0 Å². The quantitative estimate of drug-likeness (QED) is 0.534. The molecule has 2 aliphatic carbocycles. The third-order valence-electron chi connectivity index (χ3n) is 8.32. The Morgan fingerprint density at radius 3 is 1.00 bits per heavy atom. The summed E-state index contributed by atoms with van der Waals surface area (Å²) in [6, 6.07) is 0. The van der Waals surface area contributed by atoms with Gasteiger partial charge in [-0.3, -0.25) is 0 Å². The first kappa shape index (κ1) is 17.4. The van der Waals surface area contributed by atoms with Gasteiger partial charge in [0.15, 0.2) is 0 Å². The first-order chi connectivity index (χ1) is 9.64. The summed E-state index contributed by atoms with van der Waals surface area (Å²) in [5.74, 6) is 7.37. The zero-order chi connectivity index (χ0) is 15.9. The zero-order valence-corrected chi connectivity index (χ0v) is 15.9. The van der Waals surface area contributed by atoms with Crippen LogP contribution in [0.1, 0.15) is 81.1 Å². The molecule has 2 rings (SSSR count). The Kier molecular flexibility index (Phi) is 5.16. The summed E-state index contributed by atoms with van der Waals surface area (Å²) < 4.78 is 0. The second-order valence-electron chi connectivity index (χ2n) is 9.79. The molecule has 0 heterocycles. The van der Waals surface area contributed by atoms with Gasteiger partial charge in [0.25, 0.3) is 0 Å². The molecule has 4 atom stereocenters. The fourth-order valence-corrected chi connectivity index (χ4v) is 5.52. The van der Waals surface area contributed by atoms with Crippen LogP contribution in [0, 0.1) is 52.8 Å². The Labute approximate surface area is 134 Å². The maximum absolute atomic E-state index is 2.60. The van der Waals surface area contributed by atoms with Crippen LogP contribution in [0.25, 0.3) is 0 Å². The van der Waals surface area contributed by atoms with Gasteiger partial charge in [-0.15, -0.1) is 0 Å². The topological polar surface area (TPSA) is 0 Å². The van der Waals surface area contributed by atoms with Crippen LogP contribution in [0.15, 0.2) is 0 Å². The van der Waals surface area contributed by atoms with Crippen molar-refractivity contribution in [3.8, 4) is 0 Å². The lowest BCUT2D eigenvalue weighted by atomic mass is 9.54. The van der Waals surface area contributed by atoms with E-state index < -0.39 is 0 Å². The highest BCUT2D eigenvalue weighted by Gasteiger charge is 2.45. The van der Waals surface area contributed by atoms with Gasteiger partial charge in [-0.1, -0.05) is 55.4 Å². The predicted octanol–water partition coefficient (Wildman–Crippen LogP) is 6.65. The molecule has 0 nitrogen and oxygen atoms in total. The van der Waals surface area contributed by atoms with Crippen LogP contribution >= 0.6 is 0 Å². The highest BCUT2D eigenvalue weighted by atomic mass is 14.5. The van der Waals surface area contributed by atoms with Gasteiger partial charge in [0.05, 0.1) is 0 Å². The van der Waals surface area contributed by atoms with Crippen molar-refractivity contribution in [3.63, 3.8) is 0 Å². The second-order valence-corrected chi connectivity index (χ2v) is 9.79. The standard InChI is InChI=1S/C21H40/c1-13-9-19(10-14(2)17(13)5)21(7,8)20-11-15(3)18(6)16(4)12-20/h13-20H,9-12H2,1-8H3. The minimum absolute atomic E-state index is 0.533. The van der Waals surface area contributed by atoms with Crippen LogP contribution in [-0.2, 0) is 0 Å². The molecule has 0 heteroatoms. The van der Waals surface area contributed by atoms with Crippen molar-refractivity contribution in [1.82, 2.24) is 0 Å². The Bertz CT molecular complexity index is 286. The summed E-state index contributed by atoms with van der Waals surface area (Å²) in [5, 5.41) is 0. The summed E-state index contributed by atoms with van der Waals surface area (Å²) in [7, 11) is 0. The Morgan fingerprint density at radius 2 is 0.762 bits per heavy atom. The van der Waals surface area contributed by atoms with E-state index in [0.29, 0.717) is 5.41 Å². The van der Waals surface area contributed by atoms with E-state index in [1.54, 1.807) is 0 Å². The van der Waals surface area contributed by atoms with E-state index in [-0.39, 0.29) is 0 Å². The molecule has 0 radical (unpaired) electrons. The van der Waals surface area contributed by atoms with E-state index in [9.17, 15) is 0 Å². The van der Waals surface area contributed by atoms with Gasteiger partial charge in [-0.25, -0.2) is 0 Å². The van der Waals surface area contributed by atoms with Crippen molar-refractivity contribution < 1.29 is 0 Å². The van der Waals surface area contributed by atoms with Crippen molar-refractivity contribution >= 4 is 0 Å². The third-order valence-corrected chi connectivity index (χ3v) is 8.32. The molecule has 0 aromatic heterocycles. The van der Waals surface area contributed by atoms with E-state index in [1.807, 2.05) is 0 Å². The molecule has 2 fully saturated rings. The van der Waals surface area contributed by atoms with Gasteiger partial charge >= 0.3 is 0 Å². The van der Waals surface area contributed by atoms with Gasteiger partial charge in [-0.05, 0) is 78.4 Å². The smallest absolute Gasteiger partial charge is 0.0297 e. The van der Waals surface area contributed by atoms with Crippen molar-refractivity contribution in [2.24, 2.45) is 52.8 Å². The zero-order valence-electron chi connectivity index (χ0n) is 15.9. The Morgan fingerprint density at radius 1 is 0.524 bits per heavy atom. The van der Waals surface area contributed by atoms with Crippen LogP contribution in [0.5, 0.6) is 0 Å². The Balaban J connectivity index is 2.10. The molecule has 0 aromatic rings. The average molecular weight is 293 g/mol. The van der Waals surface area contributed by atoms with Crippen molar-refractivity contribution in [1.29, 1.82) is 0 Å². The first-order valence-corrected chi connectivity index (χ1v) is 9.64. The molecule has 0 amide bonds. The van der Waals surface area contributed by atoms with Gasteiger partial charge in [0.2, 0.25) is 0 Å². The normalized spacial score (nSPS) is 49.1. The molecule has 0 saturated heterocycles. The summed E-state index contributed by atoms with van der Waals surface area (Å²) in [5.41, 5.74) is 0.533. The SMILES string of the molecule is CC1CC(C(C)(C)C2CC(C)C(C)C(C)C2)CC(C)C1C. The van der Waals surface area contributed by atoms with E-state index in [1.165, 1.54) is 25.7 Å². The van der Waals surface area contributed by atoms with Crippen molar-refractivity contribution in [3.05, 3.63) is 0 Å². The molecule has 2 saturated carbocycles. The number of hydrogen-bond donors (Lipinski definition) is 0. The summed E-state index contributed by atoms with van der Waals surface area (Å²) >= 11 is 0. The average Bonchev–Trinajstić information content (AvgIpc) is 2.40. The third kappa shape index (κ3) is 3.35. The van der Waals surface area contributed by atoms with Crippen molar-refractivity contribution in [2.45, 2.75) is 81.1 Å². The fraction of sp³-hybridized carbons (Fsp3) is 1.00. The van der Waals surface area contributed by atoms with E-state index in [0.717, 1.165) is 47.3 Å². The highest BCUT2D eigenvalue weighted by Crippen LogP contribution is 2.53. The Hall–Kier alpha value is 0. The lowest BCUT2D eigenvalue weighted by Crippen LogP contribution is -2.43. The highest BCUT2D eigenvalue weighted by molar-refractivity contribution is 4.94. The molecule has 0 spiro atoms. The van der Waals surface area contributed by atoms with Gasteiger partial charge in [0.1, 0.15) is 0 Å².